The predicted molar refractivity (Wildman–Crippen MR) is 73.8 cm³/mol. The molecule has 2 aromatic rings. The molecule has 1 fully saturated rings. The third kappa shape index (κ3) is 2.54. The van der Waals surface area contributed by atoms with Gasteiger partial charge < -0.3 is 5.32 Å². The molecule has 1 aliphatic rings. The van der Waals surface area contributed by atoms with Crippen LogP contribution >= 0.6 is 0 Å². The van der Waals surface area contributed by atoms with Crippen molar-refractivity contribution in [3.63, 3.8) is 0 Å². The average Bonchev–Trinajstić information content (AvgIpc) is 3.16. The summed E-state index contributed by atoms with van der Waals surface area (Å²) in [5, 5.41) is 15.5. The standard InChI is InChI=1S/C15H14N4O/c16-7-9-19-8-6-14(18-19)17-15(20)13-10-12(13)11-4-2-1-3-5-11/h1-6,8,12-13H,9-10H2,(H,17,18,20). The van der Waals surface area contributed by atoms with Crippen molar-refractivity contribution in [2.45, 2.75) is 18.9 Å². The maximum absolute atomic E-state index is 12.1. The number of hydrogen-bond donors (Lipinski definition) is 1. The predicted octanol–water partition coefficient (Wildman–Crippen LogP) is 2.15. The molecule has 100 valence electrons. The average molecular weight is 266 g/mol. The Bertz CT molecular complexity index is 656. The molecule has 0 aliphatic heterocycles. The lowest BCUT2D eigenvalue weighted by Gasteiger charge is -2.01. The number of benzene rings is 1. The summed E-state index contributed by atoms with van der Waals surface area (Å²) >= 11 is 0. The number of rotatable bonds is 4. The minimum atomic E-state index is 0.000982. The molecule has 20 heavy (non-hydrogen) atoms. The van der Waals surface area contributed by atoms with Gasteiger partial charge in [0.05, 0.1) is 6.07 Å². The largest absolute Gasteiger partial charge is 0.309 e. The molecule has 2 atom stereocenters. The minimum absolute atomic E-state index is 0.000982. The third-order valence-corrected chi connectivity index (χ3v) is 3.48. The molecule has 2 unspecified atom stereocenters. The van der Waals surface area contributed by atoms with E-state index in [1.807, 2.05) is 24.3 Å². The fourth-order valence-corrected chi connectivity index (χ4v) is 2.36. The lowest BCUT2D eigenvalue weighted by Crippen LogP contribution is -2.15. The van der Waals surface area contributed by atoms with E-state index in [-0.39, 0.29) is 18.4 Å². The second-order valence-corrected chi connectivity index (χ2v) is 4.91. The summed E-state index contributed by atoms with van der Waals surface area (Å²) in [6.07, 6.45) is 2.56. The first-order valence-corrected chi connectivity index (χ1v) is 6.54. The Morgan fingerprint density at radius 1 is 1.40 bits per heavy atom. The van der Waals surface area contributed by atoms with Gasteiger partial charge in [-0.05, 0) is 17.9 Å². The summed E-state index contributed by atoms with van der Waals surface area (Å²) in [7, 11) is 0. The number of nitriles is 1. The highest BCUT2D eigenvalue weighted by molar-refractivity contribution is 5.94. The first kappa shape index (κ1) is 12.4. The molecule has 3 rings (SSSR count). The SMILES string of the molecule is N#CCn1ccc(NC(=O)C2CC2c2ccccc2)n1. The third-order valence-electron chi connectivity index (χ3n) is 3.48. The van der Waals surface area contributed by atoms with Crippen molar-refractivity contribution in [2.24, 2.45) is 5.92 Å². The molecule has 0 bridgehead atoms. The van der Waals surface area contributed by atoms with E-state index >= 15 is 0 Å². The first-order valence-electron chi connectivity index (χ1n) is 6.54. The van der Waals surface area contributed by atoms with Crippen molar-refractivity contribution in [1.29, 1.82) is 5.26 Å². The zero-order valence-electron chi connectivity index (χ0n) is 10.9. The highest BCUT2D eigenvalue weighted by Crippen LogP contribution is 2.47. The van der Waals surface area contributed by atoms with E-state index in [4.69, 9.17) is 5.26 Å². The summed E-state index contributed by atoms with van der Waals surface area (Å²) < 4.78 is 1.50. The van der Waals surface area contributed by atoms with Crippen molar-refractivity contribution in [1.82, 2.24) is 9.78 Å². The lowest BCUT2D eigenvalue weighted by molar-refractivity contribution is -0.117. The maximum Gasteiger partial charge on any atom is 0.229 e. The van der Waals surface area contributed by atoms with E-state index in [0.29, 0.717) is 11.7 Å². The molecule has 0 saturated heterocycles. The maximum atomic E-state index is 12.1. The van der Waals surface area contributed by atoms with Crippen LogP contribution in [0, 0.1) is 17.2 Å². The van der Waals surface area contributed by atoms with Gasteiger partial charge in [-0.3, -0.25) is 9.48 Å². The lowest BCUT2D eigenvalue weighted by atomic mass is 10.1. The van der Waals surface area contributed by atoms with Gasteiger partial charge in [0, 0.05) is 18.2 Å². The molecule has 5 nitrogen and oxygen atoms in total. The Kier molecular flexibility index (Phi) is 3.21. The number of amides is 1. The Labute approximate surface area is 116 Å². The molecule has 1 amide bonds. The minimum Gasteiger partial charge on any atom is -0.309 e. The summed E-state index contributed by atoms with van der Waals surface area (Å²) in [5.74, 6) is 0.848. The van der Waals surface area contributed by atoms with Crippen LogP contribution in [0.4, 0.5) is 5.82 Å². The number of carbonyl (C=O) groups is 1. The van der Waals surface area contributed by atoms with Crippen LogP contribution in [0.3, 0.4) is 0 Å². The number of nitrogens with zero attached hydrogens (tertiary/aromatic N) is 3. The van der Waals surface area contributed by atoms with Crippen molar-refractivity contribution < 1.29 is 4.79 Å². The Morgan fingerprint density at radius 2 is 2.20 bits per heavy atom. The molecule has 5 heteroatoms. The number of hydrogen-bond acceptors (Lipinski definition) is 3. The van der Waals surface area contributed by atoms with Gasteiger partial charge in [-0.2, -0.15) is 10.4 Å². The van der Waals surface area contributed by atoms with Crippen LogP contribution in [0.15, 0.2) is 42.6 Å². The van der Waals surface area contributed by atoms with Crippen LogP contribution in [0.25, 0.3) is 0 Å². The number of carbonyl (C=O) groups excluding carboxylic acids is 1. The van der Waals surface area contributed by atoms with Crippen molar-refractivity contribution >= 4 is 11.7 Å². The van der Waals surface area contributed by atoms with Gasteiger partial charge in [-0.25, -0.2) is 0 Å². The molecule has 1 saturated carbocycles. The first-order chi connectivity index (χ1) is 9.78. The molecule has 1 heterocycles. The van der Waals surface area contributed by atoms with E-state index < -0.39 is 0 Å². The Balaban J connectivity index is 1.60. The molecule has 1 aromatic heterocycles. The fraction of sp³-hybridized carbons (Fsp3) is 0.267. The van der Waals surface area contributed by atoms with E-state index in [0.717, 1.165) is 6.42 Å². The van der Waals surface area contributed by atoms with Gasteiger partial charge in [0.15, 0.2) is 5.82 Å². The van der Waals surface area contributed by atoms with Crippen LogP contribution in [0.2, 0.25) is 0 Å². The van der Waals surface area contributed by atoms with Crippen LogP contribution in [0.5, 0.6) is 0 Å². The van der Waals surface area contributed by atoms with E-state index in [9.17, 15) is 4.79 Å². The topological polar surface area (TPSA) is 70.7 Å². The molecule has 1 aromatic carbocycles. The molecule has 1 aliphatic carbocycles. The molecular formula is C15H14N4O. The molecule has 0 spiro atoms. The van der Waals surface area contributed by atoms with Gasteiger partial charge in [0.25, 0.3) is 0 Å². The normalized spacial score (nSPS) is 20.1. The zero-order valence-corrected chi connectivity index (χ0v) is 10.9. The van der Waals surface area contributed by atoms with Gasteiger partial charge in [-0.15, -0.1) is 0 Å². The van der Waals surface area contributed by atoms with E-state index in [1.165, 1.54) is 10.2 Å². The van der Waals surface area contributed by atoms with Crippen molar-refractivity contribution in [3.8, 4) is 6.07 Å². The van der Waals surface area contributed by atoms with Crippen LogP contribution in [-0.2, 0) is 11.3 Å². The van der Waals surface area contributed by atoms with Gasteiger partial charge in [0.1, 0.15) is 6.54 Å². The Hall–Kier alpha value is -2.61. The van der Waals surface area contributed by atoms with Gasteiger partial charge in [-0.1, -0.05) is 30.3 Å². The van der Waals surface area contributed by atoms with Crippen molar-refractivity contribution in [2.75, 3.05) is 5.32 Å². The molecule has 1 N–H and O–H groups in total. The summed E-state index contributed by atoms with van der Waals surface area (Å²) in [6.45, 7) is 0.186. The van der Waals surface area contributed by atoms with Crippen LogP contribution < -0.4 is 5.32 Å². The zero-order chi connectivity index (χ0) is 13.9. The quantitative estimate of drug-likeness (QED) is 0.921. The Morgan fingerprint density at radius 3 is 2.95 bits per heavy atom. The monoisotopic (exact) mass is 266 g/mol. The van der Waals surface area contributed by atoms with Gasteiger partial charge >= 0.3 is 0 Å². The number of nitrogens with one attached hydrogen (secondary N) is 1. The fourth-order valence-electron chi connectivity index (χ4n) is 2.36. The van der Waals surface area contributed by atoms with Crippen molar-refractivity contribution in [3.05, 3.63) is 48.2 Å². The van der Waals surface area contributed by atoms with Gasteiger partial charge in [0.2, 0.25) is 5.91 Å². The number of anilines is 1. The highest BCUT2D eigenvalue weighted by atomic mass is 16.2. The molecule has 0 radical (unpaired) electrons. The van der Waals surface area contributed by atoms with Crippen LogP contribution in [0.1, 0.15) is 17.9 Å². The smallest absolute Gasteiger partial charge is 0.229 e. The van der Waals surface area contributed by atoms with E-state index in [1.54, 1.807) is 12.3 Å². The second kappa shape index (κ2) is 5.17. The summed E-state index contributed by atoms with van der Waals surface area (Å²) in [4.78, 5) is 12.1. The summed E-state index contributed by atoms with van der Waals surface area (Å²) in [5.41, 5.74) is 1.21. The number of aromatic nitrogens is 2. The van der Waals surface area contributed by atoms with Crippen LogP contribution in [-0.4, -0.2) is 15.7 Å². The second-order valence-electron chi connectivity index (χ2n) is 4.91. The van der Waals surface area contributed by atoms with E-state index in [2.05, 4.69) is 22.5 Å². The highest BCUT2D eigenvalue weighted by Gasteiger charge is 2.43. The molecular weight excluding hydrogens is 252 g/mol. The summed E-state index contributed by atoms with van der Waals surface area (Å²) in [6, 6.07) is 13.8.